The van der Waals surface area contributed by atoms with Gasteiger partial charge in [0.25, 0.3) is 5.91 Å². The fourth-order valence-corrected chi connectivity index (χ4v) is 4.02. The predicted molar refractivity (Wildman–Crippen MR) is 92.9 cm³/mol. The maximum absolute atomic E-state index is 12.7. The van der Waals surface area contributed by atoms with Gasteiger partial charge in [-0.2, -0.15) is 0 Å². The molecule has 1 amide bonds. The van der Waals surface area contributed by atoms with E-state index >= 15 is 0 Å². The number of aromatic nitrogens is 2. The Hall–Kier alpha value is -2.31. The SMILES string of the molecule is Cc1cc2c(cc1C(=O)Nc1ccnc3[nH]ccc13)SC[C@H]2N. The molecule has 1 atom stereocenters. The normalized spacial score (nSPS) is 16.5. The summed E-state index contributed by atoms with van der Waals surface area (Å²) in [6.07, 6.45) is 3.49. The molecule has 1 aromatic carbocycles. The average Bonchev–Trinajstić information content (AvgIpc) is 3.14. The highest BCUT2D eigenvalue weighted by Crippen LogP contribution is 2.38. The highest BCUT2D eigenvalue weighted by molar-refractivity contribution is 7.99. The Labute approximate surface area is 137 Å². The standard InChI is InChI=1S/C17H16N4OS/c1-9-6-12-13(18)8-23-15(12)7-11(9)17(22)21-14-3-5-20-16-10(14)2-4-19-16/h2-7,13H,8,18H2,1H3,(H2,19,20,21,22)/t13-/m1/s1. The lowest BCUT2D eigenvalue weighted by Crippen LogP contribution is -2.15. The van der Waals surface area contributed by atoms with Gasteiger partial charge in [0.05, 0.1) is 5.69 Å². The van der Waals surface area contributed by atoms with Gasteiger partial charge in [-0.1, -0.05) is 6.07 Å². The second kappa shape index (κ2) is 5.40. The van der Waals surface area contributed by atoms with Crippen molar-refractivity contribution in [1.82, 2.24) is 9.97 Å². The minimum absolute atomic E-state index is 0.0606. The molecule has 1 aliphatic rings. The van der Waals surface area contributed by atoms with Crippen LogP contribution in [0.4, 0.5) is 5.69 Å². The van der Waals surface area contributed by atoms with E-state index < -0.39 is 0 Å². The maximum Gasteiger partial charge on any atom is 0.255 e. The molecule has 2 aromatic heterocycles. The van der Waals surface area contributed by atoms with Gasteiger partial charge in [0.2, 0.25) is 0 Å². The zero-order chi connectivity index (χ0) is 16.0. The first kappa shape index (κ1) is 14.3. The fraction of sp³-hybridized carbons (Fsp3) is 0.176. The first-order chi connectivity index (χ1) is 11.1. The average molecular weight is 324 g/mol. The number of amides is 1. The number of rotatable bonds is 2. The van der Waals surface area contributed by atoms with E-state index in [1.807, 2.05) is 31.3 Å². The number of fused-ring (bicyclic) bond motifs is 2. The number of H-pyrrole nitrogens is 1. The molecule has 0 saturated heterocycles. The van der Waals surface area contributed by atoms with Crippen LogP contribution in [-0.2, 0) is 0 Å². The lowest BCUT2D eigenvalue weighted by Gasteiger charge is -2.11. The molecule has 0 aliphatic carbocycles. The Kier molecular flexibility index (Phi) is 3.36. The van der Waals surface area contributed by atoms with Crippen molar-refractivity contribution in [3.8, 4) is 0 Å². The third-order valence-electron chi connectivity index (χ3n) is 4.13. The minimum Gasteiger partial charge on any atom is -0.346 e. The van der Waals surface area contributed by atoms with E-state index in [4.69, 9.17) is 5.73 Å². The van der Waals surface area contributed by atoms with Gasteiger partial charge in [0.15, 0.2) is 0 Å². The molecule has 0 spiro atoms. The number of carbonyl (C=O) groups excluding carboxylic acids is 1. The molecule has 4 rings (SSSR count). The van der Waals surface area contributed by atoms with Crippen molar-refractivity contribution >= 4 is 34.4 Å². The number of anilines is 1. The maximum atomic E-state index is 12.7. The van der Waals surface area contributed by atoms with Crippen molar-refractivity contribution < 1.29 is 4.79 Å². The number of thioether (sulfide) groups is 1. The number of hydrogen-bond donors (Lipinski definition) is 3. The number of nitrogens with zero attached hydrogens (tertiary/aromatic N) is 1. The van der Waals surface area contributed by atoms with Crippen LogP contribution in [0.2, 0.25) is 0 Å². The molecular weight excluding hydrogens is 308 g/mol. The summed E-state index contributed by atoms with van der Waals surface area (Å²) < 4.78 is 0. The van der Waals surface area contributed by atoms with Crippen molar-refractivity contribution in [2.75, 3.05) is 11.1 Å². The van der Waals surface area contributed by atoms with Crippen LogP contribution < -0.4 is 11.1 Å². The number of nitrogens with two attached hydrogens (primary N) is 1. The van der Waals surface area contributed by atoms with Crippen molar-refractivity contribution in [3.05, 3.63) is 53.3 Å². The summed E-state index contributed by atoms with van der Waals surface area (Å²) >= 11 is 1.71. The fourth-order valence-electron chi connectivity index (χ4n) is 2.90. The first-order valence-electron chi connectivity index (χ1n) is 7.40. The summed E-state index contributed by atoms with van der Waals surface area (Å²) in [6, 6.07) is 7.76. The van der Waals surface area contributed by atoms with E-state index in [-0.39, 0.29) is 11.9 Å². The van der Waals surface area contributed by atoms with Gasteiger partial charge in [0, 0.05) is 40.0 Å². The molecule has 0 unspecified atom stereocenters. The molecule has 0 bridgehead atoms. The van der Waals surface area contributed by atoms with Crippen molar-refractivity contribution in [1.29, 1.82) is 0 Å². The number of benzene rings is 1. The molecule has 116 valence electrons. The lowest BCUT2D eigenvalue weighted by atomic mass is 10.0. The van der Waals surface area contributed by atoms with E-state index in [1.165, 1.54) is 0 Å². The third kappa shape index (κ3) is 2.40. The van der Waals surface area contributed by atoms with Crippen LogP contribution in [0.15, 0.2) is 41.6 Å². The van der Waals surface area contributed by atoms with Gasteiger partial charge in [-0.25, -0.2) is 4.98 Å². The number of aryl methyl sites for hydroxylation is 1. The van der Waals surface area contributed by atoms with Crippen molar-refractivity contribution in [3.63, 3.8) is 0 Å². The Morgan fingerprint density at radius 2 is 2.30 bits per heavy atom. The molecule has 1 aliphatic heterocycles. The highest BCUT2D eigenvalue weighted by atomic mass is 32.2. The largest absolute Gasteiger partial charge is 0.346 e. The van der Waals surface area contributed by atoms with E-state index in [9.17, 15) is 4.79 Å². The number of hydrogen-bond acceptors (Lipinski definition) is 4. The molecule has 4 N–H and O–H groups in total. The second-order valence-electron chi connectivity index (χ2n) is 5.68. The van der Waals surface area contributed by atoms with Crippen molar-refractivity contribution in [2.45, 2.75) is 17.9 Å². The molecule has 5 nitrogen and oxygen atoms in total. The van der Waals surface area contributed by atoms with Gasteiger partial charge < -0.3 is 16.0 Å². The number of pyridine rings is 1. The third-order valence-corrected chi connectivity index (χ3v) is 5.32. The van der Waals surface area contributed by atoms with Gasteiger partial charge in [-0.3, -0.25) is 4.79 Å². The van der Waals surface area contributed by atoms with Gasteiger partial charge >= 0.3 is 0 Å². The molecule has 3 aromatic rings. The molecule has 0 saturated carbocycles. The summed E-state index contributed by atoms with van der Waals surface area (Å²) in [5.74, 6) is 0.758. The Bertz CT molecular complexity index is 918. The van der Waals surface area contributed by atoms with E-state index in [0.29, 0.717) is 5.56 Å². The van der Waals surface area contributed by atoms with Gasteiger partial charge in [0.1, 0.15) is 5.65 Å². The monoisotopic (exact) mass is 324 g/mol. The summed E-state index contributed by atoms with van der Waals surface area (Å²) in [6.45, 7) is 1.95. The molecule has 0 radical (unpaired) electrons. The number of carbonyl (C=O) groups is 1. The molecular formula is C17H16N4OS. The smallest absolute Gasteiger partial charge is 0.255 e. The van der Waals surface area contributed by atoms with Crippen LogP contribution >= 0.6 is 11.8 Å². The first-order valence-corrected chi connectivity index (χ1v) is 8.38. The van der Waals surface area contributed by atoms with Crippen LogP contribution in [0.25, 0.3) is 11.0 Å². The van der Waals surface area contributed by atoms with Crippen LogP contribution in [-0.4, -0.2) is 21.6 Å². The van der Waals surface area contributed by atoms with E-state index in [0.717, 1.165) is 38.5 Å². The van der Waals surface area contributed by atoms with Crippen LogP contribution in [0.3, 0.4) is 0 Å². The molecule has 23 heavy (non-hydrogen) atoms. The molecule has 0 fully saturated rings. The summed E-state index contributed by atoms with van der Waals surface area (Å²) in [5.41, 5.74) is 10.4. The van der Waals surface area contributed by atoms with Gasteiger partial charge in [-0.15, -0.1) is 11.8 Å². The number of aromatic amines is 1. The molecule has 3 heterocycles. The zero-order valence-electron chi connectivity index (χ0n) is 12.6. The zero-order valence-corrected chi connectivity index (χ0v) is 13.4. The van der Waals surface area contributed by atoms with Crippen LogP contribution in [0.5, 0.6) is 0 Å². The highest BCUT2D eigenvalue weighted by Gasteiger charge is 2.23. The summed E-state index contributed by atoms with van der Waals surface area (Å²) in [5, 5.41) is 3.89. The lowest BCUT2D eigenvalue weighted by molar-refractivity contribution is 0.102. The van der Waals surface area contributed by atoms with Gasteiger partial charge in [-0.05, 0) is 36.2 Å². The van der Waals surface area contributed by atoms with Crippen LogP contribution in [0.1, 0.15) is 27.5 Å². The second-order valence-corrected chi connectivity index (χ2v) is 6.74. The van der Waals surface area contributed by atoms with E-state index in [2.05, 4.69) is 15.3 Å². The van der Waals surface area contributed by atoms with E-state index in [1.54, 1.807) is 24.0 Å². The summed E-state index contributed by atoms with van der Waals surface area (Å²) in [7, 11) is 0. The molecule has 6 heteroatoms. The number of nitrogens with one attached hydrogen (secondary N) is 2. The minimum atomic E-state index is -0.111. The Morgan fingerprint density at radius 1 is 1.43 bits per heavy atom. The Balaban J connectivity index is 1.69. The predicted octanol–water partition coefficient (Wildman–Crippen LogP) is 3.23. The summed E-state index contributed by atoms with van der Waals surface area (Å²) in [4.78, 5) is 21.1. The van der Waals surface area contributed by atoms with Crippen LogP contribution in [0, 0.1) is 6.92 Å². The quantitative estimate of drug-likeness (QED) is 0.676. The Morgan fingerprint density at radius 3 is 3.17 bits per heavy atom. The van der Waals surface area contributed by atoms with Crippen molar-refractivity contribution in [2.24, 2.45) is 5.73 Å². The topological polar surface area (TPSA) is 83.8 Å².